The molecule has 0 unspecified atom stereocenters. The van der Waals surface area contributed by atoms with Gasteiger partial charge in [0.15, 0.2) is 6.61 Å². The Balaban J connectivity index is 3.49. The van der Waals surface area contributed by atoms with Crippen LogP contribution in [0.1, 0.15) is 0 Å². The van der Waals surface area contributed by atoms with E-state index < -0.39 is 22.8 Å². The van der Waals surface area contributed by atoms with Crippen LogP contribution in [0.25, 0.3) is 0 Å². The fourth-order valence-electron chi connectivity index (χ4n) is 0.173. The summed E-state index contributed by atoms with van der Waals surface area (Å²) in [6.07, 6.45) is 0. The molecule has 8 heteroatoms. The van der Waals surface area contributed by atoms with Gasteiger partial charge in [-0.05, 0) is 0 Å². The molecule has 0 heterocycles. The molecule has 0 amide bonds. The molecule has 0 aliphatic heterocycles. The summed E-state index contributed by atoms with van der Waals surface area (Å²) in [5.41, 5.74) is 0. The quantitative estimate of drug-likeness (QED) is 0.413. The maximum atomic E-state index is 9.96. The highest BCUT2D eigenvalue weighted by Crippen LogP contribution is 1.70. The summed E-state index contributed by atoms with van der Waals surface area (Å²) in [6, 6.07) is 0. The van der Waals surface area contributed by atoms with Gasteiger partial charge >= 0.3 is 5.97 Å². The van der Waals surface area contributed by atoms with Crippen LogP contribution in [0.15, 0.2) is 0 Å². The van der Waals surface area contributed by atoms with Gasteiger partial charge in [-0.25, -0.2) is 9.93 Å². The molecular weight excluding hydrogens is 164 g/mol. The molecule has 0 fully saturated rings. The Kier molecular flexibility index (Phi) is 3.22. The zero-order valence-corrected chi connectivity index (χ0v) is 5.59. The van der Waals surface area contributed by atoms with E-state index in [9.17, 15) is 13.2 Å². The van der Waals surface area contributed by atoms with Crippen molar-refractivity contribution in [1.29, 1.82) is 0 Å². The molecule has 0 aromatic rings. The van der Waals surface area contributed by atoms with E-state index in [1.165, 1.54) is 4.89 Å². The van der Waals surface area contributed by atoms with Crippen molar-refractivity contribution in [3.63, 3.8) is 0 Å². The van der Waals surface area contributed by atoms with Crippen molar-refractivity contribution >= 4 is 16.2 Å². The van der Waals surface area contributed by atoms with E-state index in [4.69, 9.17) is 5.11 Å². The molecule has 0 bridgehead atoms. The van der Waals surface area contributed by atoms with Gasteiger partial charge in [0, 0.05) is 0 Å². The van der Waals surface area contributed by atoms with Crippen molar-refractivity contribution < 1.29 is 23.2 Å². The maximum Gasteiger partial charge on any atom is 0.331 e. The summed E-state index contributed by atoms with van der Waals surface area (Å²) in [5, 5.41) is 12.3. The molecule has 0 rings (SSSR count). The average molecular weight is 170 g/mol. The van der Waals surface area contributed by atoms with E-state index in [0.717, 1.165) is 0 Å². The predicted octanol–water partition coefficient (Wildman–Crippen LogP) is -2.20. The van der Waals surface area contributed by atoms with Gasteiger partial charge in [-0.2, -0.15) is 8.42 Å². The van der Waals surface area contributed by atoms with Gasteiger partial charge < -0.3 is 5.11 Å². The molecule has 0 aromatic heterocycles. The maximum absolute atomic E-state index is 9.96. The lowest BCUT2D eigenvalue weighted by Crippen LogP contribution is -2.32. The van der Waals surface area contributed by atoms with Gasteiger partial charge in [-0.1, -0.05) is 4.89 Å². The number of aliphatic carboxylic acids is 1. The largest absolute Gasteiger partial charge is 0.479 e. The van der Waals surface area contributed by atoms with Crippen molar-refractivity contribution in [3.05, 3.63) is 0 Å². The molecule has 60 valence electrons. The number of nitrogens with two attached hydrogens (primary N) is 1. The summed E-state index contributed by atoms with van der Waals surface area (Å²) in [4.78, 5) is 14.9. The van der Waals surface area contributed by atoms with Crippen LogP contribution in [-0.2, 0) is 19.8 Å². The SMILES string of the molecule is NS(=O)(=O)NOCC(=O)O. The fraction of sp³-hybridized carbons (Fsp3) is 0.500. The molecule has 0 aromatic carbocycles. The van der Waals surface area contributed by atoms with Gasteiger partial charge in [0.05, 0.1) is 0 Å². The first-order chi connectivity index (χ1) is 4.42. The first-order valence-corrected chi connectivity index (χ1v) is 3.59. The van der Waals surface area contributed by atoms with Crippen LogP contribution in [0.3, 0.4) is 0 Å². The van der Waals surface area contributed by atoms with Gasteiger partial charge in [-0.15, -0.1) is 0 Å². The van der Waals surface area contributed by atoms with Crippen LogP contribution in [-0.4, -0.2) is 26.1 Å². The third kappa shape index (κ3) is 7.30. The molecule has 0 aliphatic carbocycles. The van der Waals surface area contributed by atoms with Crippen LogP contribution in [0, 0.1) is 0 Å². The summed E-state index contributed by atoms with van der Waals surface area (Å²) in [6.45, 7) is -0.767. The van der Waals surface area contributed by atoms with Crippen LogP contribution in [0.2, 0.25) is 0 Å². The monoisotopic (exact) mass is 170 g/mol. The van der Waals surface area contributed by atoms with Crippen molar-refractivity contribution in [2.75, 3.05) is 6.61 Å². The van der Waals surface area contributed by atoms with Gasteiger partial charge in [0.2, 0.25) is 0 Å². The number of hydrogen-bond donors (Lipinski definition) is 3. The Morgan fingerprint density at radius 2 is 2.20 bits per heavy atom. The first-order valence-electron chi connectivity index (χ1n) is 2.05. The number of nitrogens with one attached hydrogen (secondary N) is 1. The third-order valence-corrected chi connectivity index (χ3v) is 0.721. The molecule has 10 heavy (non-hydrogen) atoms. The summed E-state index contributed by atoms with van der Waals surface area (Å²) >= 11 is 0. The Hall–Kier alpha value is -0.700. The molecule has 0 atom stereocenters. The Morgan fingerprint density at radius 1 is 1.70 bits per heavy atom. The van der Waals surface area contributed by atoms with E-state index in [-0.39, 0.29) is 0 Å². The predicted molar refractivity (Wildman–Crippen MR) is 29.8 cm³/mol. The van der Waals surface area contributed by atoms with Crippen molar-refractivity contribution in [2.24, 2.45) is 5.14 Å². The number of carbonyl (C=O) groups is 1. The minimum Gasteiger partial charge on any atom is -0.479 e. The lowest BCUT2D eigenvalue weighted by atomic mass is 10.8. The molecule has 7 nitrogen and oxygen atoms in total. The number of carboxylic acids is 1. The number of rotatable bonds is 4. The average Bonchev–Trinajstić information content (AvgIpc) is 1.59. The Morgan fingerprint density at radius 3 is 2.50 bits per heavy atom. The normalized spacial score (nSPS) is 11.3. The highest BCUT2D eigenvalue weighted by atomic mass is 32.2. The Labute approximate surface area is 56.9 Å². The van der Waals surface area contributed by atoms with E-state index in [2.05, 4.69) is 9.98 Å². The standard InChI is InChI=1S/C2H6N2O5S/c3-10(7,8)4-9-1-2(5)6/h4H,1H2,(H,5,6)(H2,3,7,8). The van der Waals surface area contributed by atoms with Crippen LogP contribution in [0.5, 0.6) is 0 Å². The molecule has 0 saturated carbocycles. The minimum absolute atomic E-state index is 0.767. The van der Waals surface area contributed by atoms with E-state index in [1.54, 1.807) is 0 Å². The second kappa shape index (κ2) is 3.46. The van der Waals surface area contributed by atoms with Crippen LogP contribution in [0.4, 0.5) is 0 Å². The van der Waals surface area contributed by atoms with Gasteiger partial charge in [-0.3, -0.25) is 4.84 Å². The topological polar surface area (TPSA) is 119 Å². The first kappa shape index (κ1) is 9.30. The molecular formula is C2H6N2O5S. The molecule has 0 aliphatic rings. The minimum atomic E-state index is -3.96. The lowest BCUT2D eigenvalue weighted by Gasteiger charge is -1.97. The van der Waals surface area contributed by atoms with Crippen molar-refractivity contribution in [2.45, 2.75) is 0 Å². The second-order valence-corrected chi connectivity index (χ2v) is 2.57. The fourth-order valence-corrected chi connectivity index (χ4v) is 0.397. The van der Waals surface area contributed by atoms with E-state index in [1.807, 2.05) is 0 Å². The smallest absolute Gasteiger partial charge is 0.331 e. The second-order valence-electron chi connectivity index (χ2n) is 1.31. The van der Waals surface area contributed by atoms with Crippen molar-refractivity contribution in [1.82, 2.24) is 4.89 Å². The summed E-state index contributed by atoms with van der Waals surface area (Å²) in [5.74, 6) is -1.30. The highest BCUT2D eigenvalue weighted by molar-refractivity contribution is 7.87. The van der Waals surface area contributed by atoms with Gasteiger partial charge in [0.1, 0.15) is 0 Å². The molecule has 0 saturated heterocycles. The summed E-state index contributed by atoms with van der Waals surface area (Å²) in [7, 11) is -3.96. The van der Waals surface area contributed by atoms with Crippen molar-refractivity contribution in [3.8, 4) is 0 Å². The highest BCUT2D eigenvalue weighted by Gasteiger charge is 2.02. The van der Waals surface area contributed by atoms with Crippen LogP contribution >= 0.6 is 0 Å². The molecule has 4 N–H and O–H groups in total. The van der Waals surface area contributed by atoms with Gasteiger partial charge in [0.25, 0.3) is 10.2 Å². The lowest BCUT2D eigenvalue weighted by molar-refractivity contribution is -0.143. The molecule has 0 spiro atoms. The number of hydrogen-bond acceptors (Lipinski definition) is 4. The zero-order valence-electron chi connectivity index (χ0n) is 4.77. The molecule has 0 radical (unpaired) electrons. The van der Waals surface area contributed by atoms with E-state index in [0.29, 0.717) is 0 Å². The third-order valence-electron chi connectivity index (χ3n) is 0.371. The van der Waals surface area contributed by atoms with Crippen LogP contribution < -0.4 is 10.0 Å². The summed E-state index contributed by atoms with van der Waals surface area (Å²) < 4.78 is 19.9. The zero-order chi connectivity index (χ0) is 8.20. The number of carboxylic acid groups (broad SMARTS) is 1. The van der Waals surface area contributed by atoms with E-state index >= 15 is 0 Å². The Bertz CT molecular complexity index is 208.